The molecule has 1 aromatic carbocycles. The zero-order valence-corrected chi connectivity index (χ0v) is 54.9. The van der Waals surface area contributed by atoms with Gasteiger partial charge in [0, 0.05) is 70.4 Å². The maximum Gasteiger partial charge on any atom is 0.408 e. The lowest BCUT2D eigenvalue weighted by Crippen LogP contribution is -2.59. The molecule has 4 heterocycles. The van der Waals surface area contributed by atoms with Crippen molar-refractivity contribution in [3.8, 4) is 0 Å². The third-order valence-electron chi connectivity index (χ3n) is 17.1. The molecule has 1 amide bonds. The van der Waals surface area contributed by atoms with Crippen LogP contribution in [0.5, 0.6) is 0 Å². The fourth-order valence-corrected chi connectivity index (χ4v) is 13.5. The minimum Gasteiger partial charge on any atom is -0.461 e. The van der Waals surface area contributed by atoms with E-state index < -0.39 is 160 Å². The molecule has 86 heavy (non-hydrogen) atoms. The molecule has 5 rings (SSSR count). The SMILES string of the molecule is CON=C1C[C@@H](C)O[C@@H](O[C@@H]2[C@@H](C)[C@H](O[C@H]3C[C@@H](C)N(C)C[C@H](C)O3)[C@@H](C)C(=O)O[C@H]([C@@H](C)CO[C@@H]3O[C@H](C)[C@@H](O)[C@@H](OC)[C@H]3OC)[C@H](C)[C@@H](OC(=O)CC(C)C)[C@@H](C)C(=O)[C@@](C)(OC(=O)NC(C)(C)CNS(=O)(=O)c3ccccc3)C[C@@H]2C)[C@@H]1O. The van der Waals surface area contributed by atoms with Crippen molar-refractivity contribution in [2.24, 2.45) is 46.6 Å². The van der Waals surface area contributed by atoms with E-state index in [4.69, 9.17) is 56.9 Å². The number of alkyl carbamates (subject to hydrolysis) is 1. The van der Waals surface area contributed by atoms with E-state index in [1.54, 1.807) is 80.5 Å². The van der Waals surface area contributed by atoms with Crippen molar-refractivity contribution < 1.29 is 94.8 Å². The summed E-state index contributed by atoms with van der Waals surface area (Å²) in [4.78, 5) is 67.6. The van der Waals surface area contributed by atoms with Crippen LogP contribution in [-0.2, 0) is 81.3 Å². The number of nitrogens with zero attached hydrogens (tertiary/aromatic N) is 2. The Kier molecular flexibility index (Phi) is 26.8. The number of benzene rings is 1. The second-order valence-electron chi connectivity index (χ2n) is 25.8. The molecule has 0 radical (unpaired) electrons. The van der Waals surface area contributed by atoms with Gasteiger partial charge in [0.15, 0.2) is 30.3 Å². The Hall–Kier alpha value is -3.96. The number of aliphatic hydroxyl groups excluding tert-OH is 2. The lowest BCUT2D eigenvalue weighted by atomic mass is 9.74. The van der Waals surface area contributed by atoms with Gasteiger partial charge in [-0.3, -0.25) is 14.4 Å². The van der Waals surface area contributed by atoms with Crippen LogP contribution in [0.15, 0.2) is 40.4 Å². The summed E-state index contributed by atoms with van der Waals surface area (Å²) in [5.74, 6) is -8.09. The van der Waals surface area contributed by atoms with E-state index in [9.17, 15) is 28.2 Å². The fourth-order valence-electron chi connectivity index (χ4n) is 12.3. The van der Waals surface area contributed by atoms with Crippen molar-refractivity contribution in [1.82, 2.24) is 14.9 Å². The van der Waals surface area contributed by atoms with Gasteiger partial charge in [-0.15, -0.1) is 0 Å². The number of hydrogen-bond acceptors (Lipinski definition) is 22. The normalized spacial score (nSPS) is 37.6. The number of sulfonamides is 1. The standard InChI is InChI=1S/C61H102N4O20S/c1-32(2)25-45(66)81-51-39(9)50(34(4)30-77-58-54(75-18)53(74-17)47(67)42(12)80-58)83-56(70)41(11)52(82-46-26-35(5)65(16)29-37(7)78-46)38(8)49(84-57-48(68)44(64-76-19)27-36(6)79-57)33(3)28-61(15,55(69)40(51)10)85-59(71)63-60(13,14)31-62-86(72,73)43-23-21-20-22-24-43/h20-24,32-42,46-54,57-58,62,67-68H,25-31H2,1-19H3,(H,63,71)/t33-,34-,35+,36+,37-,38+,39-,40+,41+,42+,46-,47+,48+,49-,50+,51+,52-,53+,54+,57-,58+,61-/m0/s1. The molecule has 4 fully saturated rings. The zero-order valence-electron chi connectivity index (χ0n) is 54.1. The number of carbonyl (C=O) groups is 4. The van der Waals surface area contributed by atoms with E-state index in [0.29, 0.717) is 13.0 Å². The number of hydrogen-bond donors (Lipinski definition) is 4. The van der Waals surface area contributed by atoms with E-state index in [-0.39, 0.29) is 61.1 Å². The lowest BCUT2D eigenvalue weighted by molar-refractivity contribution is -0.305. The summed E-state index contributed by atoms with van der Waals surface area (Å²) in [6, 6.07) is 7.71. The van der Waals surface area contributed by atoms with Crippen LogP contribution in [-0.4, -0.2) is 204 Å². The number of amides is 1. The number of oxime groups is 1. The minimum absolute atomic E-state index is 0.0128. The van der Waals surface area contributed by atoms with Gasteiger partial charge >= 0.3 is 18.0 Å². The Morgan fingerprint density at radius 1 is 0.837 bits per heavy atom. The molecule has 0 aliphatic carbocycles. The number of ether oxygens (including phenoxy) is 11. The molecule has 22 atom stereocenters. The van der Waals surface area contributed by atoms with Gasteiger partial charge in [0.25, 0.3) is 0 Å². The van der Waals surface area contributed by atoms with Crippen molar-refractivity contribution in [3.05, 3.63) is 30.3 Å². The average molecular weight is 1240 g/mol. The van der Waals surface area contributed by atoms with Gasteiger partial charge in [-0.1, -0.05) is 71.8 Å². The van der Waals surface area contributed by atoms with Crippen LogP contribution in [0.2, 0.25) is 0 Å². The minimum atomic E-state index is -4.03. The number of rotatable bonds is 20. The van der Waals surface area contributed by atoms with Crippen molar-refractivity contribution >= 4 is 39.6 Å². The first-order valence-electron chi connectivity index (χ1n) is 30.3. The van der Waals surface area contributed by atoms with Gasteiger partial charge in [0.05, 0.1) is 65.1 Å². The summed E-state index contributed by atoms with van der Waals surface area (Å²) in [5.41, 5.74) is -3.19. The lowest BCUT2D eigenvalue weighted by Gasteiger charge is -2.45. The summed E-state index contributed by atoms with van der Waals surface area (Å²) in [5, 5.41) is 29.7. The molecule has 4 N–H and O–H groups in total. The highest BCUT2D eigenvalue weighted by Crippen LogP contribution is 2.41. The molecule has 4 aliphatic heterocycles. The maximum atomic E-state index is 16.0. The van der Waals surface area contributed by atoms with Gasteiger partial charge < -0.3 is 77.4 Å². The molecule has 0 bridgehead atoms. The van der Waals surface area contributed by atoms with Gasteiger partial charge in [-0.2, -0.15) is 0 Å². The second kappa shape index (κ2) is 31.7. The molecule has 4 saturated heterocycles. The maximum absolute atomic E-state index is 16.0. The topological polar surface area (TPSA) is 293 Å². The van der Waals surface area contributed by atoms with Gasteiger partial charge in [0.2, 0.25) is 10.0 Å². The Balaban J connectivity index is 1.71. The smallest absolute Gasteiger partial charge is 0.408 e. The summed E-state index contributed by atoms with van der Waals surface area (Å²) in [7, 11) is 2.20. The highest BCUT2D eigenvalue weighted by molar-refractivity contribution is 7.89. The largest absolute Gasteiger partial charge is 0.461 e. The molecular weight excluding hydrogens is 1140 g/mol. The predicted molar refractivity (Wildman–Crippen MR) is 316 cm³/mol. The molecule has 0 unspecified atom stereocenters. The van der Waals surface area contributed by atoms with E-state index in [1.165, 1.54) is 40.4 Å². The third kappa shape index (κ3) is 19.0. The Labute approximate surface area is 510 Å². The molecule has 24 nitrogen and oxygen atoms in total. The van der Waals surface area contributed by atoms with E-state index in [1.807, 2.05) is 41.7 Å². The van der Waals surface area contributed by atoms with Crippen LogP contribution >= 0.6 is 0 Å². The average Bonchev–Trinajstić information content (AvgIpc) is 1.77. The summed E-state index contributed by atoms with van der Waals surface area (Å²) >= 11 is 0. The molecule has 0 spiro atoms. The number of esters is 2. The monoisotopic (exact) mass is 1240 g/mol. The van der Waals surface area contributed by atoms with Gasteiger partial charge in [0.1, 0.15) is 43.7 Å². The van der Waals surface area contributed by atoms with E-state index in [2.05, 4.69) is 20.1 Å². The molecular formula is C61H102N4O20S. The number of cyclic esters (lactones) is 1. The summed E-state index contributed by atoms with van der Waals surface area (Å²) in [6.07, 6.45) is -14.7. The second-order valence-corrected chi connectivity index (χ2v) is 27.6. The van der Waals surface area contributed by atoms with Gasteiger partial charge in [-0.05, 0) is 92.8 Å². The number of methoxy groups -OCH3 is 2. The van der Waals surface area contributed by atoms with Crippen molar-refractivity contribution in [2.45, 2.75) is 238 Å². The molecule has 0 saturated carbocycles. The van der Waals surface area contributed by atoms with Crippen LogP contribution in [0.4, 0.5) is 4.79 Å². The number of Topliss-reactive ketones (excluding diaryl/α,β-unsaturated/α-hetero) is 1. The number of nitrogens with one attached hydrogen (secondary N) is 2. The zero-order chi connectivity index (χ0) is 64.3. The molecule has 492 valence electrons. The van der Waals surface area contributed by atoms with Crippen molar-refractivity contribution in [3.63, 3.8) is 0 Å². The fraction of sp³-hybridized carbons (Fsp3) is 0.820. The first-order chi connectivity index (χ1) is 40.2. The number of carbonyl (C=O) groups excluding carboxylic acids is 4. The number of likely N-dealkylation sites (N-methyl/N-ethyl adjacent to an activating group) is 1. The summed E-state index contributed by atoms with van der Waals surface area (Å²) in [6.45, 7) is 26.2. The summed E-state index contributed by atoms with van der Waals surface area (Å²) < 4.78 is 99.8. The highest BCUT2D eigenvalue weighted by atomic mass is 32.2. The predicted octanol–water partition coefficient (Wildman–Crippen LogP) is 5.76. The van der Waals surface area contributed by atoms with Crippen molar-refractivity contribution in [2.75, 3.05) is 48.1 Å². The Morgan fingerprint density at radius 3 is 2.10 bits per heavy atom. The molecule has 1 aromatic rings. The molecule has 0 aromatic heterocycles. The van der Waals surface area contributed by atoms with Crippen LogP contribution in [0.25, 0.3) is 0 Å². The van der Waals surface area contributed by atoms with E-state index >= 15 is 9.59 Å². The third-order valence-corrected chi connectivity index (χ3v) is 18.5. The highest BCUT2D eigenvalue weighted by Gasteiger charge is 2.53. The van der Waals surface area contributed by atoms with Crippen LogP contribution in [0, 0.1) is 41.4 Å². The van der Waals surface area contributed by atoms with E-state index in [0.717, 1.165) is 0 Å². The van der Waals surface area contributed by atoms with Gasteiger partial charge in [-0.25, -0.2) is 17.9 Å². The number of ketones is 1. The quantitative estimate of drug-likeness (QED) is 0.0685. The molecule has 4 aliphatic rings. The first-order valence-corrected chi connectivity index (χ1v) is 31.8. The first kappa shape index (κ1) is 72.8. The van der Waals surface area contributed by atoms with Crippen LogP contribution in [0.1, 0.15) is 130 Å². The Bertz CT molecular complexity index is 2490. The van der Waals surface area contributed by atoms with Crippen molar-refractivity contribution in [1.29, 1.82) is 0 Å². The molecule has 25 heteroatoms. The van der Waals surface area contributed by atoms with Crippen LogP contribution in [0.3, 0.4) is 0 Å². The Morgan fingerprint density at radius 2 is 1.49 bits per heavy atom. The van der Waals surface area contributed by atoms with Crippen LogP contribution < -0.4 is 10.0 Å². The number of aliphatic hydroxyl groups is 2.